The summed E-state index contributed by atoms with van der Waals surface area (Å²) < 4.78 is 9.77. The van der Waals surface area contributed by atoms with Gasteiger partial charge < -0.3 is 39.9 Å². The number of carbonyl (C=O) groups is 4. The third-order valence-corrected chi connectivity index (χ3v) is 18.0. The largest absolute Gasteiger partial charge is 0.453 e. The standard InChI is InChI=1S/C63H74N8O6/c1-35(2)54(68-62(74)76-6)60(72)70-33-46-10-8-12-48(46)56(70)58-64-31-52(66-58)42-23-18-40(19-24-42)50-29-38-14-16-39-22-27-44(37(5)28-45(50)17-15-38)30-51(39)41-20-25-43(26-21-41)53-32-65-59(67-53)57-49-13-9-11-47(49)34-71(57)61(73)55(36(3)4)69-63(75)77-7/h15,17-27,29-32,35-37,46-49,54-57H,8-14,16,28,33-34H2,1-7H3,(H,64,66)(H,65,67)(H,68,74)(H,69,75). The summed E-state index contributed by atoms with van der Waals surface area (Å²) >= 11 is 0. The lowest BCUT2D eigenvalue weighted by Gasteiger charge is -2.31. The summed E-state index contributed by atoms with van der Waals surface area (Å²) in [6.07, 6.45) is 11.8. The van der Waals surface area contributed by atoms with E-state index >= 15 is 0 Å². The Morgan fingerprint density at radius 3 is 1.53 bits per heavy atom. The molecule has 6 aromatic rings. The number of ether oxygens (including phenoxy) is 2. The molecular weight excluding hydrogens is 965 g/mol. The molecular formula is C63H74N8O6. The Bertz CT molecular complexity index is 3140. The molecule has 0 spiro atoms. The summed E-state index contributed by atoms with van der Waals surface area (Å²) in [5, 5.41) is 5.59. The Balaban J connectivity index is 0.796. The molecule has 77 heavy (non-hydrogen) atoms. The van der Waals surface area contributed by atoms with Crippen molar-refractivity contribution < 1.29 is 28.7 Å². The Labute approximate surface area is 452 Å². The number of carbonyl (C=O) groups excluding carboxylic acids is 4. The zero-order chi connectivity index (χ0) is 53.6. The van der Waals surface area contributed by atoms with Gasteiger partial charge in [-0.25, -0.2) is 19.6 Å². The van der Waals surface area contributed by atoms with Crippen LogP contribution in [0.1, 0.15) is 125 Å². The van der Waals surface area contributed by atoms with Crippen LogP contribution in [0.5, 0.6) is 0 Å². The van der Waals surface area contributed by atoms with Gasteiger partial charge in [-0.1, -0.05) is 132 Å². The molecule has 4 heterocycles. The number of H-pyrrole nitrogens is 2. The minimum atomic E-state index is -0.687. The first kappa shape index (κ1) is 51.9. The van der Waals surface area contributed by atoms with Crippen LogP contribution in [0.4, 0.5) is 9.59 Å². The third kappa shape index (κ3) is 10.2. The van der Waals surface area contributed by atoms with Crippen LogP contribution in [0.15, 0.2) is 97.3 Å². The summed E-state index contributed by atoms with van der Waals surface area (Å²) in [6.45, 7) is 11.4. The third-order valence-electron chi connectivity index (χ3n) is 18.0. The van der Waals surface area contributed by atoms with Gasteiger partial charge in [-0.05, 0) is 142 Å². The van der Waals surface area contributed by atoms with Gasteiger partial charge in [0.15, 0.2) is 0 Å². The lowest BCUT2D eigenvalue weighted by molar-refractivity contribution is -0.136. The zero-order valence-electron chi connectivity index (χ0n) is 45.6. The first-order valence-electron chi connectivity index (χ1n) is 28.1. The van der Waals surface area contributed by atoms with Crippen molar-refractivity contribution in [2.24, 2.45) is 35.5 Å². The van der Waals surface area contributed by atoms with Crippen molar-refractivity contribution in [2.45, 2.75) is 122 Å². The molecule has 9 atom stereocenters. The lowest BCUT2D eigenvalue weighted by Crippen LogP contribution is -2.51. The molecule has 402 valence electrons. The van der Waals surface area contributed by atoms with Crippen LogP contribution in [0.25, 0.3) is 44.8 Å². The van der Waals surface area contributed by atoms with Crippen LogP contribution in [0.3, 0.4) is 0 Å². The molecule has 4 bridgehead atoms. The number of benzene rings is 4. The highest BCUT2D eigenvalue weighted by molar-refractivity contribution is 5.87. The molecule has 4 N–H and O–H groups in total. The van der Waals surface area contributed by atoms with E-state index in [4.69, 9.17) is 19.4 Å². The molecule has 2 saturated carbocycles. The van der Waals surface area contributed by atoms with Gasteiger partial charge in [0.1, 0.15) is 23.7 Å². The van der Waals surface area contributed by atoms with Crippen molar-refractivity contribution in [3.63, 3.8) is 0 Å². The average molecular weight is 1040 g/mol. The van der Waals surface area contributed by atoms with Crippen LogP contribution in [-0.2, 0) is 38.3 Å². The normalized spacial score (nSPS) is 23.4. The number of aromatic nitrogens is 4. The van der Waals surface area contributed by atoms with Crippen LogP contribution in [0.2, 0.25) is 0 Å². The fourth-order valence-electron chi connectivity index (χ4n) is 13.8. The van der Waals surface area contributed by atoms with E-state index in [0.29, 0.717) is 36.8 Å². The van der Waals surface area contributed by atoms with E-state index in [1.807, 2.05) is 49.9 Å². The van der Waals surface area contributed by atoms with Crippen LogP contribution in [0, 0.1) is 35.5 Å². The number of aryl methyl sites for hydroxylation is 2. The molecule has 14 nitrogen and oxygen atoms in total. The van der Waals surface area contributed by atoms with Crippen molar-refractivity contribution in [1.29, 1.82) is 0 Å². The van der Waals surface area contributed by atoms with Crippen LogP contribution in [-0.4, -0.2) is 93.1 Å². The smallest absolute Gasteiger partial charge is 0.407 e. The SMILES string of the molecule is COC(=O)NC(C(=O)N1CC2CCCC2C1c1ncc(-c2ccc(-c3cc4ccc3CCc3ccc(c(-c5ccc(-c6cnc(C7C8CCCC8CN7C(=O)C(NC(=O)OC)C(C)C)[nH]6)cc5)c3)CC4C)cc2)[nH]1)C(C)C. The summed E-state index contributed by atoms with van der Waals surface area (Å²) in [7, 11) is 2.65. The Morgan fingerprint density at radius 1 is 0.584 bits per heavy atom. The van der Waals surface area contributed by atoms with E-state index in [-0.39, 0.29) is 41.7 Å². The summed E-state index contributed by atoms with van der Waals surface area (Å²) in [4.78, 5) is 74.0. The Morgan fingerprint density at radius 2 is 1.05 bits per heavy atom. The minimum Gasteiger partial charge on any atom is -0.453 e. The number of nitrogens with one attached hydrogen (secondary N) is 4. The van der Waals surface area contributed by atoms with Gasteiger partial charge in [-0.15, -0.1) is 0 Å². The Hall–Kier alpha value is -7.22. The number of methoxy groups -OCH3 is 2. The minimum absolute atomic E-state index is 0.0878. The highest BCUT2D eigenvalue weighted by Crippen LogP contribution is 2.51. The number of hydrogen-bond acceptors (Lipinski definition) is 8. The first-order chi connectivity index (χ1) is 37.3. The van der Waals surface area contributed by atoms with Crippen LogP contribution >= 0.6 is 0 Å². The predicted molar refractivity (Wildman–Crippen MR) is 297 cm³/mol. The summed E-state index contributed by atoms with van der Waals surface area (Å²) in [5.74, 6) is 2.93. The van der Waals surface area contributed by atoms with Crippen molar-refractivity contribution in [1.82, 2.24) is 40.4 Å². The van der Waals surface area contributed by atoms with E-state index in [9.17, 15) is 19.2 Å². The number of likely N-dealkylation sites (tertiary alicyclic amines) is 2. The molecule has 8 aliphatic rings. The number of fused-ring (bicyclic) bond motifs is 2. The van der Waals surface area contributed by atoms with Crippen molar-refractivity contribution >= 4 is 24.0 Å². The Kier molecular flexibility index (Phi) is 14.6. The number of imidazole rings is 2. The fourth-order valence-corrected chi connectivity index (χ4v) is 13.8. The lowest BCUT2D eigenvalue weighted by atomic mass is 9.84. The molecule has 2 saturated heterocycles. The zero-order valence-corrected chi connectivity index (χ0v) is 45.6. The van der Waals surface area contributed by atoms with E-state index in [0.717, 1.165) is 92.0 Å². The average Bonchev–Trinajstić information content (AvgIpc) is 4.41. The molecule has 14 heteroatoms. The predicted octanol–water partition coefficient (Wildman–Crippen LogP) is 11.6. The number of nitrogens with zero attached hydrogens (tertiary/aromatic N) is 4. The summed E-state index contributed by atoms with van der Waals surface area (Å²) in [5.41, 5.74) is 14.0. The number of rotatable bonds is 12. The number of aromatic amines is 2. The number of alkyl carbamates (subject to hydrolysis) is 2. The van der Waals surface area contributed by atoms with E-state index in [2.05, 4.69) is 112 Å². The maximum absolute atomic E-state index is 14.2. The van der Waals surface area contributed by atoms with Gasteiger partial charge >= 0.3 is 12.2 Å². The first-order valence-corrected chi connectivity index (χ1v) is 28.1. The van der Waals surface area contributed by atoms with E-state index in [1.165, 1.54) is 58.7 Å². The fraction of sp³-hybridized carbons (Fsp3) is 0.460. The van der Waals surface area contributed by atoms with Crippen molar-refractivity contribution in [3.8, 4) is 44.8 Å². The molecule has 6 aliphatic carbocycles. The molecule has 2 aromatic heterocycles. The second-order valence-electron chi connectivity index (χ2n) is 23.3. The van der Waals surface area contributed by atoms with Crippen LogP contribution < -0.4 is 10.6 Å². The van der Waals surface area contributed by atoms with Gasteiger partial charge in [0.2, 0.25) is 11.8 Å². The maximum Gasteiger partial charge on any atom is 0.407 e. The maximum atomic E-state index is 14.2. The van der Waals surface area contributed by atoms with Crippen molar-refractivity contribution in [3.05, 3.63) is 131 Å². The molecule has 0 radical (unpaired) electrons. The quantitative estimate of drug-likeness (QED) is 0.0937. The van der Waals surface area contributed by atoms with E-state index in [1.54, 1.807) is 0 Å². The van der Waals surface area contributed by atoms with E-state index < -0.39 is 24.3 Å². The van der Waals surface area contributed by atoms with Crippen molar-refractivity contribution in [2.75, 3.05) is 27.3 Å². The molecule has 4 fully saturated rings. The summed E-state index contributed by atoms with van der Waals surface area (Å²) in [6, 6.07) is 30.0. The highest BCUT2D eigenvalue weighted by Gasteiger charge is 2.51. The highest BCUT2D eigenvalue weighted by atomic mass is 16.5. The monoisotopic (exact) mass is 1040 g/mol. The number of amides is 4. The second kappa shape index (κ2) is 21.7. The molecule has 4 aromatic carbocycles. The number of hydrogen-bond donors (Lipinski definition) is 4. The topological polar surface area (TPSA) is 175 Å². The molecule has 4 amide bonds. The van der Waals surface area contributed by atoms with Gasteiger partial charge in [-0.2, -0.15) is 0 Å². The molecule has 14 rings (SSSR count). The van der Waals surface area contributed by atoms with Gasteiger partial charge in [0, 0.05) is 13.1 Å². The molecule has 2 aliphatic heterocycles. The second-order valence-corrected chi connectivity index (χ2v) is 23.3. The van der Waals surface area contributed by atoms with Gasteiger partial charge in [-0.3, -0.25) is 9.59 Å². The van der Waals surface area contributed by atoms with Gasteiger partial charge in [0.25, 0.3) is 0 Å². The molecule has 9 unspecified atom stereocenters. The van der Waals surface area contributed by atoms with Gasteiger partial charge in [0.05, 0.1) is 50.1 Å².